The molecule has 0 unspecified atom stereocenters. The van der Waals surface area contributed by atoms with Gasteiger partial charge in [0.2, 0.25) is 17.7 Å². The maximum absolute atomic E-state index is 14.4. The van der Waals surface area contributed by atoms with Gasteiger partial charge in [0.15, 0.2) is 5.78 Å². The zero-order chi connectivity index (χ0) is 34.6. The van der Waals surface area contributed by atoms with Crippen molar-refractivity contribution in [2.24, 2.45) is 5.41 Å². The predicted molar refractivity (Wildman–Crippen MR) is 182 cm³/mol. The minimum absolute atomic E-state index is 0.0588. The Labute approximate surface area is 284 Å². The summed E-state index contributed by atoms with van der Waals surface area (Å²) in [5, 5.41) is 8.30. The third-order valence-corrected chi connectivity index (χ3v) is 10.3. The fraction of sp³-hybridized carbons (Fsp3) is 0.472. The lowest BCUT2D eigenvalue weighted by Gasteiger charge is -2.27. The van der Waals surface area contributed by atoms with Crippen LogP contribution < -0.4 is 5.32 Å². The Morgan fingerprint density at radius 1 is 0.959 bits per heavy atom. The molecule has 2 fully saturated rings. The Morgan fingerprint density at radius 2 is 1.71 bits per heavy atom. The van der Waals surface area contributed by atoms with Crippen LogP contribution in [0.15, 0.2) is 30.6 Å². The van der Waals surface area contributed by atoms with E-state index in [9.17, 15) is 19.2 Å². The van der Waals surface area contributed by atoms with Gasteiger partial charge < -0.3 is 15.1 Å². The van der Waals surface area contributed by atoms with E-state index in [0.29, 0.717) is 71.7 Å². The summed E-state index contributed by atoms with van der Waals surface area (Å²) in [5.41, 5.74) is 4.12. The van der Waals surface area contributed by atoms with Crippen LogP contribution in [-0.2, 0) is 27.3 Å². The first-order valence-corrected chi connectivity index (χ1v) is 16.9. The van der Waals surface area contributed by atoms with Gasteiger partial charge in [0, 0.05) is 67.4 Å². The molecule has 13 heteroatoms. The Kier molecular flexibility index (Phi) is 8.24. The molecule has 3 aliphatic rings. The molecule has 3 amide bonds. The van der Waals surface area contributed by atoms with E-state index >= 15 is 0 Å². The number of aromatic nitrogens is 6. The first kappa shape index (κ1) is 32.5. The molecule has 0 aromatic carbocycles. The van der Waals surface area contributed by atoms with Gasteiger partial charge in [-0.15, -0.1) is 0 Å². The molecule has 1 saturated carbocycles. The van der Waals surface area contributed by atoms with Crippen LogP contribution >= 0.6 is 0 Å². The number of rotatable bonds is 4. The summed E-state index contributed by atoms with van der Waals surface area (Å²) in [6.07, 6.45) is 7.81. The van der Waals surface area contributed by atoms with E-state index in [2.05, 4.69) is 20.3 Å². The summed E-state index contributed by atoms with van der Waals surface area (Å²) in [7, 11) is 1.81. The summed E-state index contributed by atoms with van der Waals surface area (Å²) in [6, 6.07) is 4.64. The van der Waals surface area contributed by atoms with Gasteiger partial charge in [0.1, 0.15) is 29.9 Å². The van der Waals surface area contributed by atoms with Crippen molar-refractivity contribution in [3.63, 3.8) is 0 Å². The lowest BCUT2D eigenvalue weighted by molar-refractivity contribution is -0.138. The number of nitrogens with zero attached hydrogens (tertiary/aromatic N) is 8. The summed E-state index contributed by atoms with van der Waals surface area (Å²) in [6.45, 7) is 7.32. The van der Waals surface area contributed by atoms with Crippen molar-refractivity contribution in [1.29, 1.82) is 0 Å². The molecule has 6 heterocycles. The first-order chi connectivity index (χ1) is 23.4. The molecule has 4 aromatic heterocycles. The standard InChI is InChI=1S/C36H41N9O4/c1-20-11-12-21(2)39-34(20)41-35(49)28-14-36-15-29(36)45(28)31(48)18-44-33-25(32(42-44)22(3)46)13-27(24-16-37-23(4)38-17-24)40-26(33)9-7-6-8-10-30(47)43(5)19-36/h11-13,16-17,28-29H,6-10,14-15,18-19H2,1-5H3,(H,39,41,49)/t28-,29+,36-/m0/s1. The van der Waals surface area contributed by atoms with E-state index < -0.39 is 6.04 Å². The van der Waals surface area contributed by atoms with E-state index in [-0.39, 0.29) is 47.2 Å². The second kappa shape index (κ2) is 12.4. The van der Waals surface area contributed by atoms with Gasteiger partial charge >= 0.3 is 0 Å². The molecule has 13 nitrogen and oxygen atoms in total. The lowest BCUT2D eigenvalue weighted by Crippen LogP contribution is -2.47. The minimum Gasteiger partial charge on any atom is -0.345 e. The van der Waals surface area contributed by atoms with Crippen molar-refractivity contribution < 1.29 is 19.2 Å². The quantitative estimate of drug-likeness (QED) is 0.319. The molecule has 1 saturated heterocycles. The number of aryl methyl sites for hydroxylation is 4. The molecule has 49 heavy (non-hydrogen) atoms. The number of carbonyl (C=O) groups is 4. The highest BCUT2D eigenvalue weighted by Gasteiger charge is 2.67. The average Bonchev–Trinajstić information content (AvgIpc) is 3.45. The Morgan fingerprint density at radius 3 is 2.47 bits per heavy atom. The van der Waals surface area contributed by atoms with Crippen molar-refractivity contribution in [1.82, 2.24) is 39.5 Å². The number of hydrogen-bond acceptors (Lipinski definition) is 9. The normalized spacial score (nSPS) is 22.7. The summed E-state index contributed by atoms with van der Waals surface area (Å²) in [5.74, 6) is 0.340. The van der Waals surface area contributed by atoms with Gasteiger partial charge in [-0.2, -0.15) is 5.10 Å². The average molecular weight is 664 g/mol. The van der Waals surface area contributed by atoms with Gasteiger partial charge in [-0.05, 0) is 70.6 Å². The highest BCUT2D eigenvalue weighted by molar-refractivity contribution is 6.06. The summed E-state index contributed by atoms with van der Waals surface area (Å²) in [4.78, 5) is 76.3. The molecule has 2 aliphatic heterocycles. The van der Waals surface area contributed by atoms with Crippen LogP contribution in [0, 0.1) is 26.2 Å². The van der Waals surface area contributed by atoms with E-state index in [0.717, 1.165) is 30.5 Å². The van der Waals surface area contributed by atoms with Crippen LogP contribution in [0.5, 0.6) is 0 Å². The molecular formula is C36H41N9O4. The monoisotopic (exact) mass is 663 g/mol. The third-order valence-electron chi connectivity index (χ3n) is 10.3. The number of anilines is 1. The summed E-state index contributed by atoms with van der Waals surface area (Å²) >= 11 is 0. The molecule has 1 N–H and O–H groups in total. The van der Waals surface area contributed by atoms with Gasteiger partial charge in [-0.1, -0.05) is 12.5 Å². The van der Waals surface area contributed by atoms with Crippen molar-refractivity contribution in [2.75, 3.05) is 18.9 Å². The van der Waals surface area contributed by atoms with Crippen LogP contribution in [0.2, 0.25) is 0 Å². The molecule has 1 aliphatic carbocycles. The van der Waals surface area contributed by atoms with Crippen molar-refractivity contribution in [3.8, 4) is 11.3 Å². The number of hydrogen-bond donors (Lipinski definition) is 1. The fourth-order valence-corrected chi connectivity index (χ4v) is 7.61. The smallest absolute Gasteiger partial charge is 0.248 e. The van der Waals surface area contributed by atoms with Gasteiger partial charge in [0.25, 0.3) is 0 Å². The van der Waals surface area contributed by atoms with Crippen molar-refractivity contribution in [3.05, 3.63) is 59.1 Å². The zero-order valence-electron chi connectivity index (χ0n) is 28.6. The molecule has 0 radical (unpaired) electrons. The topological polar surface area (TPSA) is 156 Å². The molecule has 3 atom stereocenters. The van der Waals surface area contributed by atoms with Gasteiger partial charge in [-0.25, -0.2) is 15.0 Å². The molecule has 7 rings (SSSR count). The highest BCUT2D eigenvalue weighted by Crippen LogP contribution is 2.60. The van der Waals surface area contributed by atoms with Gasteiger partial charge in [-0.3, -0.25) is 28.8 Å². The SMILES string of the molecule is CC(=O)c1nn2c3c(nc(-c4cnc(C)nc4)cc13)CCCCCC(=O)N(C)C[C@@]13C[C@@H](C(=O)Nc4nc(C)ccc4C)N(C(=O)C2)[C@@H]1C3. The Balaban J connectivity index is 1.30. The molecule has 254 valence electrons. The maximum atomic E-state index is 14.4. The Hall–Kier alpha value is -5.07. The molecule has 2 bridgehead atoms. The largest absolute Gasteiger partial charge is 0.345 e. The second-order valence-electron chi connectivity index (χ2n) is 14.0. The van der Waals surface area contributed by atoms with Crippen molar-refractivity contribution in [2.45, 2.75) is 91.3 Å². The van der Waals surface area contributed by atoms with Crippen LogP contribution in [-0.4, -0.2) is 88.7 Å². The van der Waals surface area contributed by atoms with E-state index in [4.69, 9.17) is 10.1 Å². The first-order valence-electron chi connectivity index (χ1n) is 16.9. The molecule has 4 aromatic rings. The highest BCUT2D eigenvalue weighted by atomic mass is 16.2. The number of amides is 3. The van der Waals surface area contributed by atoms with E-state index in [1.807, 2.05) is 46.0 Å². The number of ketones is 1. The number of pyridine rings is 2. The van der Waals surface area contributed by atoms with Crippen LogP contribution in [0.3, 0.4) is 0 Å². The zero-order valence-corrected chi connectivity index (χ0v) is 28.6. The number of piperidine rings is 1. The van der Waals surface area contributed by atoms with Crippen LogP contribution in [0.1, 0.15) is 78.7 Å². The lowest BCUT2D eigenvalue weighted by atomic mass is 9.98. The Bertz CT molecular complexity index is 2010. The van der Waals surface area contributed by atoms with Crippen LogP contribution in [0.25, 0.3) is 22.2 Å². The summed E-state index contributed by atoms with van der Waals surface area (Å²) < 4.78 is 1.59. The molecular weight excluding hydrogens is 622 g/mol. The molecule has 0 spiro atoms. The maximum Gasteiger partial charge on any atom is 0.248 e. The number of carbonyl (C=O) groups excluding carboxylic acids is 4. The van der Waals surface area contributed by atoms with Crippen molar-refractivity contribution >= 4 is 40.2 Å². The fourth-order valence-electron chi connectivity index (χ4n) is 7.61. The van der Waals surface area contributed by atoms with Crippen LogP contribution in [0.4, 0.5) is 5.82 Å². The van der Waals surface area contributed by atoms with E-state index in [1.165, 1.54) is 6.92 Å². The minimum atomic E-state index is -0.757. The second-order valence-corrected chi connectivity index (χ2v) is 14.0. The van der Waals surface area contributed by atoms with Gasteiger partial charge in [0.05, 0.1) is 16.9 Å². The number of Topliss-reactive ketones (excluding diaryl/α,β-unsaturated/α-hetero) is 1. The predicted octanol–water partition coefficient (Wildman–Crippen LogP) is 3.98. The third kappa shape index (κ3) is 6.06. The number of nitrogens with one attached hydrogen (secondary N) is 1. The van der Waals surface area contributed by atoms with E-state index in [1.54, 1.807) is 26.9 Å².